The Morgan fingerprint density at radius 3 is 2.55 bits per heavy atom. The molecule has 0 radical (unpaired) electrons. The molecule has 6 nitrogen and oxygen atoms in total. The van der Waals surface area contributed by atoms with Crippen molar-refractivity contribution in [2.24, 2.45) is 0 Å². The second-order valence-electron chi connectivity index (χ2n) is 7.12. The minimum absolute atomic E-state index is 0.0820. The molecule has 0 saturated heterocycles. The minimum atomic E-state index is -0.342. The highest BCUT2D eigenvalue weighted by Gasteiger charge is 2.22. The molecule has 0 aliphatic heterocycles. The smallest absolute Gasteiger partial charge is 0.237 e. The van der Waals surface area contributed by atoms with Crippen LogP contribution in [0.25, 0.3) is 11.4 Å². The standard InChI is InChI=1S/C22H26N4O2S/c1-6-12-26-20(19-11-13-28-15(19)4)24-25-22(26)29-16(5)21(27)23-18-9-7-17(8-10-18)14(2)3/h6-11,13-14,16H,1,12H2,2-5H3,(H,23,27)/t16-/m1/s1. The number of amides is 1. The van der Waals surface area contributed by atoms with Crippen molar-refractivity contribution in [3.05, 3.63) is 60.6 Å². The van der Waals surface area contributed by atoms with E-state index in [1.165, 1.54) is 17.3 Å². The number of hydrogen-bond acceptors (Lipinski definition) is 5. The first-order valence-corrected chi connectivity index (χ1v) is 10.4. The van der Waals surface area contributed by atoms with Crippen LogP contribution < -0.4 is 5.32 Å². The average molecular weight is 411 g/mol. The van der Waals surface area contributed by atoms with Gasteiger partial charge in [-0.25, -0.2) is 0 Å². The number of allylic oxidation sites excluding steroid dienone is 1. The van der Waals surface area contributed by atoms with Crippen LogP contribution in [-0.4, -0.2) is 25.9 Å². The molecule has 1 amide bonds. The molecule has 1 aromatic carbocycles. The lowest BCUT2D eigenvalue weighted by atomic mass is 10.0. The van der Waals surface area contributed by atoms with Gasteiger partial charge in [0.1, 0.15) is 5.76 Å². The van der Waals surface area contributed by atoms with Gasteiger partial charge in [0.2, 0.25) is 5.91 Å². The highest BCUT2D eigenvalue weighted by atomic mass is 32.2. The van der Waals surface area contributed by atoms with E-state index in [1.54, 1.807) is 12.3 Å². The molecule has 152 valence electrons. The largest absolute Gasteiger partial charge is 0.469 e. The highest BCUT2D eigenvalue weighted by Crippen LogP contribution is 2.29. The summed E-state index contributed by atoms with van der Waals surface area (Å²) in [5.41, 5.74) is 2.91. The number of carbonyl (C=O) groups is 1. The third-order valence-electron chi connectivity index (χ3n) is 4.62. The van der Waals surface area contributed by atoms with Crippen molar-refractivity contribution in [3.8, 4) is 11.4 Å². The Bertz CT molecular complexity index is 989. The summed E-state index contributed by atoms with van der Waals surface area (Å²) in [4.78, 5) is 12.7. The third-order valence-corrected chi connectivity index (χ3v) is 5.71. The van der Waals surface area contributed by atoms with Crippen LogP contribution in [-0.2, 0) is 11.3 Å². The van der Waals surface area contributed by atoms with Gasteiger partial charge in [0.15, 0.2) is 11.0 Å². The number of nitrogens with zero attached hydrogens (tertiary/aromatic N) is 3. The first-order chi connectivity index (χ1) is 13.9. The maximum Gasteiger partial charge on any atom is 0.237 e. The number of carbonyl (C=O) groups excluding carboxylic acids is 1. The molecule has 0 bridgehead atoms. The Labute approximate surface area is 175 Å². The van der Waals surface area contributed by atoms with E-state index in [0.29, 0.717) is 23.4 Å². The number of rotatable bonds is 8. The topological polar surface area (TPSA) is 73.0 Å². The quantitative estimate of drug-likeness (QED) is 0.404. The van der Waals surface area contributed by atoms with Gasteiger partial charge in [-0.3, -0.25) is 9.36 Å². The van der Waals surface area contributed by atoms with Crippen LogP contribution in [0.3, 0.4) is 0 Å². The lowest BCUT2D eigenvalue weighted by Crippen LogP contribution is -2.23. The normalized spacial score (nSPS) is 12.2. The number of furan rings is 1. The molecule has 0 spiro atoms. The third kappa shape index (κ3) is 4.79. The van der Waals surface area contributed by atoms with Crippen LogP contribution in [0.4, 0.5) is 5.69 Å². The van der Waals surface area contributed by atoms with E-state index >= 15 is 0 Å². The zero-order valence-electron chi connectivity index (χ0n) is 17.2. The van der Waals surface area contributed by atoms with Crippen molar-refractivity contribution in [3.63, 3.8) is 0 Å². The predicted octanol–water partition coefficient (Wildman–Crippen LogP) is 5.28. The Kier molecular flexibility index (Phi) is 6.59. The molecular weight excluding hydrogens is 384 g/mol. The number of aromatic nitrogens is 3. The fourth-order valence-corrected chi connectivity index (χ4v) is 3.75. The van der Waals surface area contributed by atoms with Gasteiger partial charge in [-0.1, -0.05) is 43.8 Å². The Morgan fingerprint density at radius 1 is 1.24 bits per heavy atom. The highest BCUT2D eigenvalue weighted by molar-refractivity contribution is 8.00. The lowest BCUT2D eigenvalue weighted by molar-refractivity contribution is -0.115. The second kappa shape index (κ2) is 9.13. The van der Waals surface area contributed by atoms with Crippen molar-refractivity contribution in [2.75, 3.05) is 5.32 Å². The summed E-state index contributed by atoms with van der Waals surface area (Å²) in [6, 6.07) is 9.82. The maximum atomic E-state index is 12.7. The lowest BCUT2D eigenvalue weighted by Gasteiger charge is -2.13. The number of thioether (sulfide) groups is 1. The molecule has 0 aliphatic carbocycles. The first kappa shape index (κ1) is 20.9. The first-order valence-electron chi connectivity index (χ1n) is 9.56. The predicted molar refractivity (Wildman–Crippen MR) is 117 cm³/mol. The molecule has 2 aromatic heterocycles. The van der Waals surface area contributed by atoms with Crippen LogP contribution in [0.2, 0.25) is 0 Å². The Morgan fingerprint density at radius 2 is 1.97 bits per heavy atom. The van der Waals surface area contributed by atoms with Crippen molar-refractivity contribution >= 4 is 23.4 Å². The van der Waals surface area contributed by atoms with E-state index in [-0.39, 0.29) is 11.2 Å². The summed E-state index contributed by atoms with van der Waals surface area (Å²) in [6.07, 6.45) is 3.42. The Balaban J connectivity index is 1.73. The van der Waals surface area contributed by atoms with Gasteiger partial charge in [0.25, 0.3) is 0 Å². The molecule has 3 rings (SSSR count). The van der Waals surface area contributed by atoms with E-state index in [9.17, 15) is 4.79 Å². The van der Waals surface area contributed by atoms with Gasteiger partial charge >= 0.3 is 0 Å². The number of anilines is 1. The van der Waals surface area contributed by atoms with E-state index in [2.05, 4.69) is 35.9 Å². The maximum absolute atomic E-state index is 12.7. The van der Waals surface area contributed by atoms with Crippen LogP contribution in [0.15, 0.2) is 58.8 Å². The van der Waals surface area contributed by atoms with Gasteiger partial charge in [-0.05, 0) is 43.5 Å². The summed E-state index contributed by atoms with van der Waals surface area (Å²) in [5.74, 6) is 1.85. The van der Waals surface area contributed by atoms with Crippen molar-refractivity contribution < 1.29 is 9.21 Å². The molecule has 7 heteroatoms. The fourth-order valence-electron chi connectivity index (χ4n) is 2.89. The second-order valence-corrected chi connectivity index (χ2v) is 8.43. The monoisotopic (exact) mass is 410 g/mol. The average Bonchev–Trinajstić information content (AvgIpc) is 3.28. The molecule has 1 atom stereocenters. The van der Waals surface area contributed by atoms with Crippen molar-refractivity contribution in [2.45, 2.75) is 50.6 Å². The number of benzene rings is 1. The van der Waals surface area contributed by atoms with Gasteiger partial charge < -0.3 is 9.73 Å². The van der Waals surface area contributed by atoms with E-state index in [1.807, 2.05) is 48.7 Å². The molecule has 1 N–H and O–H groups in total. The van der Waals surface area contributed by atoms with Gasteiger partial charge in [0, 0.05) is 12.2 Å². The molecule has 3 aromatic rings. The summed E-state index contributed by atoms with van der Waals surface area (Å²) in [7, 11) is 0. The van der Waals surface area contributed by atoms with Gasteiger partial charge in [0.05, 0.1) is 17.1 Å². The van der Waals surface area contributed by atoms with E-state index < -0.39 is 0 Å². The van der Waals surface area contributed by atoms with Crippen molar-refractivity contribution in [1.82, 2.24) is 14.8 Å². The van der Waals surface area contributed by atoms with E-state index in [4.69, 9.17) is 4.42 Å². The van der Waals surface area contributed by atoms with Crippen LogP contribution in [0.5, 0.6) is 0 Å². The zero-order valence-corrected chi connectivity index (χ0v) is 18.0. The zero-order chi connectivity index (χ0) is 21.0. The number of nitrogens with one attached hydrogen (secondary N) is 1. The molecular formula is C22H26N4O2S. The van der Waals surface area contributed by atoms with Gasteiger partial charge in [-0.2, -0.15) is 0 Å². The van der Waals surface area contributed by atoms with E-state index in [0.717, 1.165) is 17.0 Å². The molecule has 0 fully saturated rings. The number of aryl methyl sites for hydroxylation is 1. The summed E-state index contributed by atoms with van der Waals surface area (Å²) < 4.78 is 7.33. The van der Waals surface area contributed by atoms with Crippen LogP contribution in [0.1, 0.15) is 38.0 Å². The molecule has 0 aliphatic rings. The molecule has 2 heterocycles. The minimum Gasteiger partial charge on any atom is -0.469 e. The molecule has 29 heavy (non-hydrogen) atoms. The van der Waals surface area contributed by atoms with Crippen LogP contribution in [0, 0.1) is 6.92 Å². The Hall–Kier alpha value is -2.80. The number of hydrogen-bond donors (Lipinski definition) is 1. The summed E-state index contributed by atoms with van der Waals surface area (Å²) in [5, 5.41) is 11.9. The summed E-state index contributed by atoms with van der Waals surface area (Å²) in [6.45, 7) is 12.4. The van der Waals surface area contributed by atoms with Crippen molar-refractivity contribution in [1.29, 1.82) is 0 Å². The molecule has 0 unspecified atom stereocenters. The van der Waals surface area contributed by atoms with Gasteiger partial charge in [-0.15, -0.1) is 16.8 Å². The fraction of sp³-hybridized carbons (Fsp3) is 0.318. The SMILES string of the molecule is C=CCn1c(S[C@H](C)C(=O)Nc2ccc(C(C)C)cc2)nnc1-c1ccoc1C. The van der Waals surface area contributed by atoms with Crippen LogP contribution >= 0.6 is 11.8 Å². The molecule has 0 saturated carbocycles. The summed E-state index contributed by atoms with van der Waals surface area (Å²) >= 11 is 1.37.